The van der Waals surface area contributed by atoms with Crippen LogP contribution in [0.5, 0.6) is 0 Å². The maximum atomic E-state index is 10.5. The maximum absolute atomic E-state index is 10.5. The summed E-state index contributed by atoms with van der Waals surface area (Å²) in [5, 5.41) is 3.00. The van der Waals surface area contributed by atoms with E-state index in [2.05, 4.69) is 5.32 Å². The third-order valence-corrected chi connectivity index (χ3v) is 2.54. The van der Waals surface area contributed by atoms with Gasteiger partial charge in [0, 0.05) is 6.54 Å². The van der Waals surface area contributed by atoms with Crippen LogP contribution in [0.3, 0.4) is 0 Å². The molecular weight excluding hydrogens is 189 g/mol. The minimum atomic E-state index is -2.55. The summed E-state index contributed by atoms with van der Waals surface area (Å²) in [6.07, 6.45) is 2.01. The fraction of sp³-hybridized carbons (Fsp3) is 0.750. The molecule has 0 spiro atoms. The predicted octanol–water partition coefficient (Wildman–Crippen LogP) is 1.33. The number of nitrogens with one attached hydrogen (secondary N) is 1. The average Bonchev–Trinajstić information content (AvgIpc) is 2.11. The molecule has 0 aromatic rings. The maximum Gasteiger partial charge on any atom is 0.216 e. The number of allylic oxidation sites excluding steroid dienone is 1. The van der Waals surface area contributed by atoms with Crippen molar-refractivity contribution in [3.63, 3.8) is 0 Å². The van der Waals surface area contributed by atoms with Gasteiger partial charge in [-0.1, -0.05) is 11.6 Å². The van der Waals surface area contributed by atoms with E-state index in [-0.39, 0.29) is 0 Å². The Labute approximate surface area is 79.9 Å². The van der Waals surface area contributed by atoms with E-state index in [1.54, 1.807) is 6.92 Å². The quantitative estimate of drug-likeness (QED) is 0.298. The summed E-state index contributed by atoms with van der Waals surface area (Å²) in [4.78, 5) is 8.66. The zero-order valence-corrected chi connectivity index (χ0v) is 9.33. The molecule has 0 aromatic heterocycles. The number of ether oxygens (including phenoxy) is 1. The number of rotatable bonds is 6. The highest BCUT2D eigenvalue weighted by molar-refractivity contribution is 7.38. The van der Waals surface area contributed by atoms with E-state index >= 15 is 0 Å². The van der Waals surface area contributed by atoms with Crippen molar-refractivity contribution in [1.29, 1.82) is 0 Å². The summed E-state index contributed by atoms with van der Waals surface area (Å²) in [6.45, 7) is 6.61. The molecule has 13 heavy (non-hydrogen) atoms. The Morgan fingerprint density at radius 2 is 2.38 bits per heavy atom. The Balaban J connectivity index is 3.41. The highest BCUT2D eigenvalue weighted by Crippen LogP contribution is 2.21. The van der Waals surface area contributed by atoms with Gasteiger partial charge in [-0.3, -0.25) is 9.88 Å². The smallest absolute Gasteiger partial charge is 0.216 e. The van der Waals surface area contributed by atoms with Crippen LogP contribution in [0.2, 0.25) is 0 Å². The molecule has 2 N–H and O–H groups in total. The zero-order valence-electron chi connectivity index (χ0n) is 8.33. The second kappa shape index (κ2) is 7.27. The molecule has 0 heterocycles. The molecule has 2 atom stereocenters. The molecule has 0 rings (SSSR count). The Morgan fingerprint density at radius 1 is 1.77 bits per heavy atom. The summed E-state index contributed by atoms with van der Waals surface area (Å²) in [7, 11) is -2.55. The van der Waals surface area contributed by atoms with Gasteiger partial charge in [-0.05, 0) is 20.8 Å². The van der Waals surface area contributed by atoms with E-state index in [0.29, 0.717) is 6.73 Å². The lowest BCUT2D eigenvalue weighted by molar-refractivity contribution is 0.0975. The molecule has 0 radical (unpaired) electrons. The zero-order chi connectivity index (χ0) is 10.3. The van der Waals surface area contributed by atoms with Crippen molar-refractivity contribution in [1.82, 2.24) is 5.32 Å². The van der Waals surface area contributed by atoms with E-state index in [1.165, 1.54) is 5.57 Å². The first-order valence-corrected chi connectivity index (χ1v) is 5.68. The van der Waals surface area contributed by atoms with Crippen LogP contribution >= 0.6 is 8.03 Å². The van der Waals surface area contributed by atoms with Crippen molar-refractivity contribution in [2.24, 2.45) is 0 Å². The molecule has 4 nitrogen and oxygen atoms in total. The third kappa shape index (κ3) is 6.96. The van der Waals surface area contributed by atoms with Crippen LogP contribution < -0.4 is 5.32 Å². The molecule has 0 saturated heterocycles. The van der Waals surface area contributed by atoms with Crippen molar-refractivity contribution in [2.75, 3.05) is 13.3 Å². The number of hydrogen-bond acceptors (Lipinski definition) is 3. The molecule has 0 aliphatic rings. The molecule has 0 amide bonds. The molecule has 78 valence electrons. The van der Waals surface area contributed by atoms with E-state index in [4.69, 9.17) is 9.63 Å². The second-order valence-corrected chi connectivity index (χ2v) is 4.34. The van der Waals surface area contributed by atoms with Gasteiger partial charge in [0.05, 0.1) is 6.73 Å². The summed E-state index contributed by atoms with van der Waals surface area (Å²) < 4.78 is 15.5. The minimum absolute atomic E-state index is 0.309. The van der Waals surface area contributed by atoms with Gasteiger partial charge in [-0.2, -0.15) is 0 Å². The van der Waals surface area contributed by atoms with Crippen LogP contribution in [0.4, 0.5) is 0 Å². The Bertz CT molecular complexity index is 194. The summed E-state index contributed by atoms with van der Waals surface area (Å²) in [6, 6.07) is 0. The molecule has 5 heteroatoms. The number of hydrogen-bond donors (Lipinski definition) is 2. The summed E-state index contributed by atoms with van der Waals surface area (Å²) >= 11 is 0. The van der Waals surface area contributed by atoms with Crippen molar-refractivity contribution < 1.29 is 14.2 Å². The van der Waals surface area contributed by atoms with Crippen LogP contribution in [0.15, 0.2) is 11.6 Å². The fourth-order valence-corrected chi connectivity index (χ4v) is 0.831. The van der Waals surface area contributed by atoms with Crippen molar-refractivity contribution in [3.8, 4) is 0 Å². The molecule has 2 unspecified atom stereocenters. The van der Waals surface area contributed by atoms with Gasteiger partial charge in [0.2, 0.25) is 8.03 Å². The predicted molar refractivity (Wildman–Crippen MR) is 54.1 cm³/mol. The summed E-state index contributed by atoms with van der Waals surface area (Å²) in [5.74, 6) is -0.566. The van der Waals surface area contributed by atoms with Crippen LogP contribution in [-0.4, -0.2) is 24.0 Å². The highest BCUT2D eigenvalue weighted by Gasteiger charge is 2.06. The molecule has 0 fully saturated rings. The lowest BCUT2D eigenvalue weighted by Crippen LogP contribution is -2.22. The van der Waals surface area contributed by atoms with Gasteiger partial charge in [-0.25, -0.2) is 0 Å². The third-order valence-electron chi connectivity index (χ3n) is 1.68. The van der Waals surface area contributed by atoms with Gasteiger partial charge in [0.1, 0.15) is 5.85 Å². The van der Waals surface area contributed by atoms with Crippen LogP contribution in [-0.2, 0) is 9.30 Å². The van der Waals surface area contributed by atoms with Gasteiger partial charge >= 0.3 is 0 Å². The molecule has 0 aromatic carbocycles. The van der Waals surface area contributed by atoms with Gasteiger partial charge < -0.3 is 9.63 Å². The molecule has 0 bridgehead atoms. The molecule has 0 aliphatic carbocycles. The first-order chi connectivity index (χ1) is 6.07. The lowest BCUT2D eigenvalue weighted by atomic mass is 10.3. The fourth-order valence-electron chi connectivity index (χ4n) is 0.605. The first-order valence-electron chi connectivity index (χ1n) is 4.24. The topological polar surface area (TPSA) is 58.6 Å². The second-order valence-electron chi connectivity index (χ2n) is 2.85. The van der Waals surface area contributed by atoms with Crippen molar-refractivity contribution in [3.05, 3.63) is 11.6 Å². The monoisotopic (exact) mass is 207 g/mol. The highest BCUT2D eigenvalue weighted by atomic mass is 31.1. The van der Waals surface area contributed by atoms with Gasteiger partial charge in [-0.15, -0.1) is 0 Å². The molecule has 0 aliphatic heterocycles. The van der Waals surface area contributed by atoms with Crippen molar-refractivity contribution in [2.45, 2.75) is 26.6 Å². The average molecular weight is 207 g/mol. The van der Waals surface area contributed by atoms with Crippen LogP contribution in [0, 0.1) is 0 Å². The Hall–Kier alpha value is -0.150. The Morgan fingerprint density at radius 3 is 2.85 bits per heavy atom. The van der Waals surface area contributed by atoms with Crippen LogP contribution in [0.25, 0.3) is 0 Å². The SMILES string of the molecule is C/C=C(\C)CNCOC(C)[PH](=O)O. The Kier molecular flexibility index (Phi) is 7.19. The largest absolute Gasteiger partial charge is 0.354 e. The molecular formula is C8H18NO3P. The van der Waals surface area contributed by atoms with Crippen LogP contribution in [0.1, 0.15) is 20.8 Å². The van der Waals surface area contributed by atoms with E-state index in [1.807, 2.05) is 19.9 Å². The van der Waals surface area contributed by atoms with Gasteiger partial charge in [0.15, 0.2) is 0 Å². The minimum Gasteiger partial charge on any atom is -0.354 e. The normalized spacial score (nSPS) is 17.1. The first kappa shape index (κ1) is 12.8. The molecule has 0 saturated carbocycles. The summed E-state index contributed by atoms with van der Waals surface area (Å²) in [5.41, 5.74) is 1.22. The standard InChI is InChI=1S/C8H18NO3P/c1-4-7(2)5-9-6-12-8(3)13(10)11/h4,8-9,13H,5-6H2,1-3H3,(H,10,11)/b7-4+. The van der Waals surface area contributed by atoms with Crippen molar-refractivity contribution >= 4 is 8.03 Å². The van der Waals surface area contributed by atoms with Gasteiger partial charge in [0.25, 0.3) is 0 Å². The lowest BCUT2D eigenvalue weighted by Gasteiger charge is -2.10. The van der Waals surface area contributed by atoms with E-state index < -0.39 is 13.9 Å². The van der Waals surface area contributed by atoms with E-state index in [0.717, 1.165) is 6.54 Å². The van der Waals surface area contributed by atoms with E-state index in [9.17, 15) is 4.57 Å².